The molecule has 3 rings (SSSR count). The Balaban J connectivity index is 1.93. The van der Waals surface area contributed by atoms with Crippen molar-refractivity contribution in [3.05, 3.63) is 11.4 Å². The molecule has 1 spiro atoms. The molecule has 0 bridgehead atoms. The van der Waals surface area contributed by atoms with Crippen LogP contribution in [0.15, 0.2) is 16.3 Å². The molecule has 1 saturated heterocycles. The number of carboxylic acid groups (broad SMARTS) is 1. The molecule has 22 heavy (non-hydrogen) atoms. The summed E-state index contributed by atoms with van der Waals surface area (Å²) in [7, 11) is -2.39. The summed E-state index contributed by atoms with van der Waals surface area (Å²) in [5.74, 6) is -1.14. The molecule has 2 heterocycles. The van der Waals surface area contributed by atoms with Crippen molar-refractivity contribution in [1.82, 2.24) is 4.31 Å². The number of rotatable bonds is 4. The van der Waals surface area contributed by atoms with E-state index < -0.39 is 27.7 Å². The van der Waals surface area contributed by atoms with E-state index >= 15 is 0 Å². The standard InChI is InChI=1S/C13H17NO6S2/c1-19-12-10(3-6-21-12)22(17,18)14-7-9(11(15)16)20-13(8-14)4-2-5-13/h3,6,9H,2,4-5,7-8H2,1H3,(H,15,16). The van der Waals surface area contributed by atoms with Crippen molar-refractivity contribution in [2.24, 2.45) is 0 Å². The number of sulfonamides is 1. The molecule has 0 radical (unpaired) electrons. The number of nitrogens with zero attached hydrogens (tertiary/aromatic N) is 1. The fourth-order valence-electron chi connectivity index (χ4n) is 2.87. The van der Waals surface area contributed by atoms with Gasteiger partial charge in [-0.05, 0) is 30.7 Å². The van der Waals surface area contributed by atoms with Crippen LogP contribution in [0.4, 0.5) is 0 Å². The first kappa shape index (κ1) is 15.7. The highest BCUT2D eigenvalue weighted by Crippen LogP contribution is 2.42. The van der Waals surface area contributed by atoms with Gasteiger partial charge in [-0.25, -0.2) is 13.2 Å². The number of ether oxygens (including phenoxy) is 2. The Labute approximate surface area is 132 Å². The predicted molar refractivity (Wildman–Crippen MR) is 78.7 cm³/mol. The molecule has 9 heteroatoms. The third-order valence-corrected chi connectivity index (χ3v) is 7.00. The van der Waals surface area contributed by atoms with E-state index in [2.05, 4.69) is 0 Å². The molecule has 0 aromatic carbocycles. The van der Waals surface area contributed by atoms with Gasteiger partial charge in [0.25, 0.3) is 0 Å². The number of carboxylic acids is 1. The van der Waals surface area contributed by atoms with Gasteiger partial charge in [-0.2, -0.15) is 4.31 Å². The normalized spacial score (nSPS) is 24.9. The number of morpholine rings is 1. The van der Waals surface area contributed by atoms with Crippen LogP contribution in [0, 0.1) is 0 Å². The van der Waals surface area contributed by atoms with Crippen LogP contribution in [0.25, 0.3) is 0 Å². The van der Waals surface area contributed by atoms with Crippen molar-refractivity contribution in [1.29, 1.82) is 0 Å². The Morgan fingerprint density at radius 3 is 2.82 bits per heavy atom. The van der Waals surface area contributed by atoms with Gasteiger partial charge in [0.05, 0.1) is 19.3 Å². The van der Waals surface area contributed by atoms with Crippen molar-refractivity contribution in [3.8, 4) is 5.06 Å². The second-order valence-electron chi connectivity index (χ2n) is 5.56. The second-order valence-corrected chi connectivity index (χ2v) is 8.34. The molecule has 1 aliphatic carbocycles. The van der Waals surface area contributed by atoms with Gasteiger partial charge in [-0.3, -0.25) is 0 Å². The van der Waals surface area contributed by atoms with E-state index in [1.54, 1.807) is 5.38 Å². The zero-order chi connectivity index (χ0) is 16.0. The third kappa shape index (κ3) is 2.51. The zero-order valence-electron chi connectivity index (χ0n) is 12.0. The van der Waals surface area contributed by atoms with Gasteiger partial charge in [0.1, 0.15) is 4.90 Å². The van der Waals surface area contributed by atoms with Crippen molar-refractivity contribution < 1.29 is 27.8 Å². The second kappa shape index (κ2) is 5.48. The lowest BCUT2D eigenvalue weighted by molar-refractivity contribution is -0.195. The highest BCUT2D eigenvalue weighted by atomic mass is 32.2. The summed E-state index contributed by atoms with van der Waals surface area (Å²) in [4.78, 5) is 11.4. The molecule has 2 fully saturated rings. The smallest absolute Gasteiger partial charge is 0.334 e. The summed E-state index contributed by atoms with van der Waals surface area (Å²) >= 11 is 1.19. The topological polar surface area (TPSA) is 93.1 Å². The first-order chi connectivity index (χ1) is 10.4. The predicted octanol–water partition coefficient (Wildman–Crippen LogP) is 1.15. The summed E-state index contributed by atoms with van der Waals surface area (Å²) in [6.07, 6.45) is 1.16. The average Bonchev–Trinajstić information content (AvgIpc) is 2.94. The maximum absolute atomic E-state index is 12.8. The lowest BCUT2D eigenvalue weighted by Gasteiger charge is -2.49. The largest absolute Gasteiger partial charge is 0.486 e. The summed E-state index contributed by atoms with van der Waals surface area (Å²) in [5, 5.41) is 11.2. The fraction of sp³-hybridized carbons (Fsp3) is 0.615. The lowest BCUT2D eigenvalue weighted by atomic mass is 9.79. The van der Waals surface area contributed by atoms with Crippen LogP contribution in [-0.2, 0) is 19.6 Å². The number of methoxy groups -OCH3 is 1. The van der Waals surface area contributed by atoms with Gasteiger partial charge in [0.15, 0.2) is 11.2 Å². The molecule has 0 amide bonds. The van der Waals surface area contributed by atoms with Crippen LogP contribution in [0.3, 0.4) is 0 Å². The monoisotopic (exact) mass is 347 g/mol. The first-order valence-electron chi connectivity index (χ1n) is 6.90. The van der Waals surface area contributed by atoms with E-state index in [1.807, 2.05) is 0 Å². The van der Waals surface area contributed by atoms with E-state index in [4.69, 9.17) is 9.47 Å². The minimum Gasteiger partial charge on any atom is -0.486 e. The Hall–Kier alpha value is -1.16. The quantitative estimate of drug-likeness (QED) is 0.878. The van der Waals surface area contributed by atoms with Crippen molar-refractivity contribution in [2.75, 3.05) is 20.2 Å². The molecule has 7 nitrogen and oxygen atoms in total. The number of thiophene rings is 1. The van der Waals surface area contributed by atoms with Crippen molar-refractivity contribution >= 4 is 27.3 Å². The number of carbonyl (C=O) groups is 1. The third-order valence-electron chi connectivity index (χ3n) is 4.17. The minimum atomic E-state index is -3.80. The fourth-order valence-corrected chi connectivity index (χ4v) is 5.57. The van der Waals surface area contributed by atoms with Crippen LogP contribution in [-0.4, -0.2) is 55.7 Å². The van der Waals surface area contributed by atoms with Crippen molar-refractivity contribution in [3.63, 3.8) is 0 Å². The maximum atomic E-state index is 12.8. The molecule has 1 aliphatic heterocycles. The van der Waals surface area contributed by atoms with Crippen LogP contribution in [0.2, 0.25) is 0 Å². The SMILES string of the molecule is COc1sccc1S(=O)(=O)N1CC(C(=O)O)OC2(CCC2)C1. The zero-order valence-corrected chi connectivity index (χ0v) is 13.7. The van der Waals surface area contributed by atoms with Crippen LogP contribution < -0.4 is 4.74 Å². The van der Waals surface area contributed by atoms with Crippen LogP contribution in [0.5, 0.6) is 5.06 Å². The lowest BCUT2D eigenvalue weighted by Crippen LogP contribution is -2.61. The van der Waals surface area contributed by atoms with Gasteiger partial charge in [0.2, 0.25) is 10.0 Å². The summed E-state index contributed by atoms with van der Waals surface area (Å²) in [6.45, 7) is 0.0104. The number of aliphatic carboxylic acids is 1. The molecule has 1 N–H and O–H groups in total. The van der Waals surface area contributed by atoms with Crippen LogP contribution in [0.1, 0.15) is 19.3 Å². The molecule has 1 atom stereocenters. The molecular formula is C13H17NO6S2. The number of hydrogen-bond acceptors (Lipinski definition) is 6. The molecular weight excluding hydrogens is 330 g/mol. The Kier molecular flexibility index (Phi) is 3.92. The highest BCUT2D eigenvalue weighted by Gasteiger charge is 2.50. The molecule has 1 unspecified atom stereocenters. The Morgan fingerprint density at radius 2 is 2.27 bits per heavy atom. The van der Waals surface area contributed by atoms with Gasteiger partial charge in [0, 0.05) is 6.54 Å². The summed E-state index contributed by atoms with van der Waals surface area (Å²) in [6, 6.07) is 1.48. The Bertz CT molecular complexity index is 678. The summed E-state index contributed by atoms with van der Waals surface area (Å²) in [5.41, 5.74) is -0.655. The molecule has 1 aromatic heterocycles. The van der Waals surface area contributed by atoms with Crippen molar-refractivity contribution in [2.45, 2.75) is 35.9 Å². The average molecular weight is 347 g/mol. The van der Waals surface area contributed by atoms with E-state index in [-0.39, 0.29) is 18.0 Å². The van der Waals surface area contributed by atoms with Gasteiger partial charge in [-0.1, -0.05) is 0 Å². The number of hydrogen-bond donors (Lipinski definition) is 1. The molecule has 122 valence electrons. The van der Waals surface area contributed by atoms with Gasteiger partial charge in [-0.15, -0.1) is 11.3 Å². The van der Waals surface area contributed by atoms with Gasteiger partial charge >= 0.3 is 5.97 Å². The van der Waals surface area contributed by atoms with E-state index in [0.717, 1.165) is 6.42 Å². The maximum Gasteiger partial charge on any atom is 0.334 e. The van der Waals surface area contributed by atoms with Crippen LogP contribution >= 0.6 is 11.3 Å². The van der Waals surface area contributed by atoms with E-state index in [0.29, 0.717) is 17.9 Å². The molecule has 1 saturated carbocycles. The first-order valence-corrected chi connectivity index (χ1v) is 9.22. The summed E-state index contributed by atoms with van der Waals surface area (Å²) < 4.78 is 37.6. The van der Waals surface area contributed by atoms with Gasteiger partial charge < -0.3 is 14.6 Å². The molecule has 2 aliphatic rings. The Morgan fingerprint density at radius 1 is 1.55 bits per heavy atom. The molecule has 1 aromatic rings. The van der Waals surface area contributed by atoms with E-state index in [9.17, 15) is 18.3 Å². The van der Waals surface area contributed by atoms with E-state index in [1.165, 1.54) is 28.8 Å². The minimum absolute atomic E-state index is 0.0838. The highest BCUT2D eigenvalue weighted by molar-refractivity contribution is 7.89.